The van der Waals surface area contributed by atoms with Crippen molar-refractivity contribution in [3.63, 3.8) is 0 Å². The van der Waals surface area contributed by atoms with Gasteiger partial charge in [-0.25, -0.2) is 0 Å². The van der Waals surface area contributed by atoms with Crippen LogP contribution in [0.2, 0.25) is 0 Å². The second-order valence-corrected chi connectivity index (χ2v) is 1.93. The minimum atomic E-state index is 0.324. The van der Waals surface area contributed by atoms with Gasteiger partial charge in [-0.05, 0) is 13.5 Å². The molecule has 1 aliphatic rings. The van der Waals surface area contributed by atoms with Crippen LogP contribution in [0.4, 0.5) is 0 Å². The van der Waals surface area contributed by atoms with Gasteiger partial charge in [0.2, 0.25) is 0 Å². The Morgan fingerprint density at radius 1 is 1.86 bits per heavy atom. The molecule has 2 nitrogen and oxygen atoms in total. The highest BCUT2D eigenvalue weighted by Crippen LogP contribution is 2.26. The summed E-state index contributed by atoms with van der Waals surface area (Å²) in [6, 6.07) is 0.498. The Kier molecular flexibility index (Phi) is 1.11. The molecule has 1 unspecified atom stereocenters. The molecule has 0 heterocycles. The molecule has 1 fully saturated rings. The topological polar surface area (TPSA) is 29.1 Å². The first kappa shape index (κ1) is 4.78. The zero-order chi connectivity index (χ0) is 5.28. The molecule has 2 heteroatoms. The number of carbonyl (C=O) groups is 1. The van der Waals surface area contributed by atoms with Crippen LogP contribution >= 0.6 is 0 Å². The van der Waals surface area contributed by atoms with E-state index in [0.29, 0.717) is 12.0 Å². The fourth-order valence-electron chi connectivity index (χ4n) is 0.697. The van der Waals surface area contributed by atoms with Gasteiger partial charge in [0.05, 0.1) is 0 Å². The van der Waals surface area contributed by atoms with Crippen LogP contribution in [0.25, 0.3) is 0 Å². The first-order chi connectivity index (χ1) is 3.38. The summed E-state index contributed by atoms with van der Waals surface area (Å²) in [6.45, 7) is 0. The van der Waals surface area contributed by atoms with Crippen LogP contribution < -0.4 is 5.32 Å². The van der Waals surface area contributed by atoms with E-state index in [2.05, 4.69) is 5.32 Å². The zero-order valence-electron chi connectivity index (χ0n) is 4.35. The van der Waals surface area contributed by atoms with Crippen molar-refractivity contribution in [3.8, 4) is 0 Å². The summed E-state index contributed by atoms with van der Waals surface area (Å²) in [5.41, 5.74) is 0. The van der Waals surface area contributed by atoms with E-state index in [9.17, 15) is 4.79 Å². The van der Waals surface area contributed by atoms with Crippen LogP contribution in [0.15, 0.2) is 0 Å². The standard InChI is InChI=1S/C5H9NO/c1-6-5-2-4(5)3-7/h3-6H,2H2,1H3/t4-,5?/m1/s1. The van der Waals surface area contributed by atoms with E-state index in [0.717, 1.165) is 12.7 Å². The minimum Gasteiger partial charge on any atom is -0.316 e. The lowest BCUT2D eigenvalue weighted by Crippen LogP contribution is -2.10. The Balaban J connectivity index is 2.17. The van der Waals surface area contributed by atoms with Crippen molar-refractivity contribution in [3.05, 3.63) is 0 Å². The van der Waals surface area contributed by atoms with Gasteiger partial charge in [0, 0.05) is 12.0 Å². The Hall–Kier alpha value is -0.370. The van der Waals surface area contributed by atoms with Gasteiger partial charge in [0.15, 0.2) is 0 Å². The van der Waals surface area contributed by atoms with E-state index in [-0.39, 0.29) is 0 Å². The summed E-state index contributed by atoms with van der Waals surface area (Å²) in [4.78, 5) is 9.90. The lowest BCUT2D eigenvalue weighted by molar-refractivity contribution is -0.108. The molecule has 0 aromatic rings. The largest absolute Gasteiger partial charge is 0.316 e. The van der Waals surface area contributed by atoms with Crippen molar-refractivity contribution < 1.29 is 4.79 Å². The molecule has 0 radical (unpaired) electrons. The van der Waals surface area contributed by atoms with Gasteiger partial charge in [0.25, 0.3) is 0 Å². The highest BCUT2D eigenvalue weighted by molar-refractivity contribution is 5.59. The Morgan fingerprint density at radius 3 is 2.71 bits per heavy atom. The summed E-state index contributed by atoms with van der Waals surface area (Å²) >= 11 is 0. The average Bonchev–Trinajstić information content (AvgIpc) is 2.43. The summed E-state index contributed by atoms with van der Waals surface area (Å²) in [5, 5.41) is 3.01. The van der Waals surface area contributed by atoms with Gasteiger partial charge < -0.3 is 10.1 Å². The van der Waals surface area contributed by atoms with Crippen LogP contribution in [0.5, 0.6) is 0 Å². The molecule has 1 aliphatic carbocycles. The molecule has 2 atom stereocenters. The summed E-state index contributed by atoms with van der Waals surface area (Å²) in [5.74, 6) is 0.324. The number of hydrogen-bond donors (Lipinski definition) is 1. The first-order valence-electron chi connectivity index (χ1n) is 2.51. The second-order valence-electron chi connectivity index (χ2n) is 1.93. The molecule has 0 aromatic heterocycles. The summed E-state index contributed by atoms with van der Waals surface area (Å²) in [6.07, 6.45) is 2.06. The van der Waals surface area contributed by atoms with E-state index in [4.69, 9.17) is 0 Å². The van der Waals surface area contributed by atoms with Crippen molar-refractivity contribution in [1.29, 1.82) is 0 Å². The molecular formula is C5H9NO. The molecule has 0 spiro atoms. The number of rotatable bonds is 2. The van der Waals surface area contributed by atoms with Crippen LogP contribution in [-0.2, 0) is 4.79 Å². The molecule has 40 valence electrons. The Labute approximate surface area is 42.9 Å². The Bertz CT molecular complexity index is 82.1. The van der Waals surface area contributed by atoms with E-state index in [1.165, 1.54) is 0 Å². The maximum Gasteiger partial charge on any atom is 0.124 e. The quantitative estimate of drug-likeness (QED) is 0.485. The summed E-state index contributed by atoms with van der Waals surface area (Å²) < 4.78 is 0. The van der Waals surface area contributed by atoms with Crippen molar-refractivity contribution in [2.24, 2.45) is 5.92 Å². The molecule has 1 rings (SSSR count). The molecule has 7 heavy (non-hydrogen) atoms. The second kappa shape index (κ2) is 1.62. The molecule has 0 aromatic carbocycles. The van der Waals surface area contributed by atoms with Crippen molar-refractivity contribution in [2.45, 2.75) is 12.5 Å². The van der Waals surface area contributed by atoms with Crippen molar-refractivity contribution in [2.75, 3.05) is 7.05 Å². The highest BCUT2D eigenvalue weighted by Gasteiger charge is 2.34. The van der Waals surface area contributed by atoms with Crippen molar-refractivity contribution in [1.82, 2.24) is 5.32 Å². The third-order valence-electron chi connectivity index (χ3n) is 1.39. The van der Waals surface area contributed by atoms with Gasteiger partial charge in [-0.2, -0.15) is 0 Å². The fraction of sp³-hybridized carbons (Fsp3) is 0.800. The van der Waals surface area contributed by atoms with Gasteiger partial charge in [-0.1, -0.05) is 0 Å². The average molecular weight is 99.1 g/mol. The van der Waals surface area contributed by atoms with Gasteiger partial charge >= 0.3 is 0 Å². The molecule has 0 aliphatic heterocycles. The molecular weight excluding hydrogens is 90.1 g/mol. The number of hydrogen-bond acceptors (Lipinski definition) is 2. The fourth-order valence-corrected chi connectivity index (χ4v) is 0.697. The van der Waals surface area contributed by atoms with Crippen LogP contribution in [0, 0.1) is 5.92 Å². The lowest BCUT2D eigenvalue weighted by Gasteiger charge is -1.84. The maximum atomic E-state index is 9.90. The van der Waals surface area contributed by atoms with E-state index in [1.807, 2.05) is 7.05 Å². The van der Waals surface area contributed by atoms with Crippen molar-refractivity contribution >= 4 is 6.29 Å². The first-order valence-corrected chi connectivity index (χ1v) is 2.51. The highest BCUT2D eigenvalue weighted by atomic mass is 16.1. The molecule has 0 bridgehead atoms. The van der Waals surface area contributed by atoms with Crippen LogP contribution in [0.3, 0.4) is 0 Å². The number of carbonyl (C=O) groups excluding carboxylic acids is 1. The predicted octanol–water partition coefficient (Wildman–Crippen LogP) is -0.207. The third kappa shape index (κ3) is 0.800. The maximum absolute atomic E-state index is 9.90. The van der Waals surface area contributed by atoms with Gasteiger partial charge in [-0.15, -0.1) is 0 Å². The van der Waals surface area contributed by atoms with E-state index >= 15 is 0 Å². The molecule has 0 amide bonds. The molecule has 1 N–H and O–H groups in total. The van der Waals surface area contributed by atoms with E-state index < -0.39 is 0 Å². The van der Waals surface area contributed by atoms with Gasteiger partial charge in [0.1, 0.15) is 6.29 Å². The molecule has 0 saturated heterocycles. The van der Waals surface area contributed by atoms with Gasteiger partial charge in [-0.3, -0.25) is 0 Å². The SMILES string of the molecule is CNC1C[C@@H]1C=O. The molecule has 1 saturated carbocycles. The minimum absolute atomic E-state index is 0.324. The Morgan fingerprint density at radius 2 is 2.57 bits per heavy atom. The van der Waals surface area contributed by atoms with E-state index in [1.54, 1.807) is 0 Å². The summed E-state index contributed by atoms with van der Waals surface area (Å²) in [7, 11) is 1.88. The van der Waals surface area contributed by atoms with Crippen LogP contribution in [-0.4, -0.2) is 19.4 Å². The monoisotopic (exact) mass is 99.1 g/mol. The normalized spacial score (nSPS) is 37.9. The lowest BCUT2D eigenvalue weighted by atomic mass is 10.5. The zero-order valence-corrected chi connectivity index (χ0v) is 4.35. The number of nitrogens with one attached hydrogen (secondary N) is 1. The third-order valence-corrected chi connectivity index (χ3v) is 1.39. The smallest absolute Gasteiger partial charge is 0.124 e. The predicted molar refractivity (Wildman–Crippen MR) is 27.0 cm³/mol. The van der Waals surface area contributed by atoms with Crippen LogP contribution in [0.1, 0.15) is 6.42 Å². The number of aldehydes is 1.